The highest BCUT2D eigenvalue weighted by molar-refractivity contribution is 5.69. The third kappa shape index (κ3) is 3.52. The average molecular weight is 341 g/mol. The number of imidazole rings is 1. The third-order valence-electron chi connectivity index (χ3n) is 4.51. The number of rotatable bonds is 5. The summed E-state index contributed by atoms with van der Waals surface area (Å²) in [6.07, 6.45) is 2.01. The lowest BCUT2D eigenvalue weighted by Crippen LogP contribution is -2.25. The number of aryl methyl sites for hydroxylation is 1. The number of aromatic amines is 1. The van der Waals surface area contributed by atoms with Crippen molar-refractivity contribution in [1.29, 1.82) is 0 Å². The summed E-state index contributed by atoms with van der Waals surface area (Å²) < 4.78 is 20.1. The van der Waals surface area contributed by atoms with Gasteiger partial charge in [-0.25, -0.2) is 14.4 Å². The first-order valence-corrected chi connectivity index (χ1v) is 8.37. The average Bonchev–Trinajstić information content (AvgIpc) is 3.18. The van der Waals surface area contributed by atoms with Crippen LogP contribution < -0.4 is 0 Å². The van der Waals surface area contributed by atoms with Crippen LogP contribution in [0.2, 0.25) is 0 Å². The van der Waals surface area contributed by atoms with Gasteiger partial charge in [-0.1, -0.05) is 6.07 Å². The van der Waals surface area contributed by atoms with Crippen molar-refractivity contribution in [1.82, 2.24) is 24.8 Å². The van der Waals surface area contributed by atoms with E-state index in [1.807, 2.05) is 36.1 Å². The largest absolute Gasteiger partial charge is 0.366 e. The Kier molecular flexibility index (Phi) is 4.42. The summed E-state index contributed by atoms with van der Waals surface area (Å²) in [4.78, 5) is 18.1. The number of pyridine rings is 2. The number of alkyl halides is 1. The van der Waals surface area contributed by atoms with E-state index in [1.54, 1.807) is 12.4 Å². The van der Waals surface area contributed by atoms with Crippen LogP contribution in [0.15, 0.2) is 36.7 Å². The van der Waals surface area contributed by atoms with Crippen LogP contribution in [-0.4, -0.2) is 50.2 Å². The van der Waals surface area contributed by atoms with Crippen LogP contribution in [-0.2, 0) is 17.9 Å². The number of nitrogens with one attached hydrogen (secondary N) is 1. The molecular formula is C18H20FN5O. The molecule has 0 aromatic carbocycles. The van der Waals surface area contributed by atoms with Crippen molar-refractivity contribution in [2.45, 2.75) is 32.4 Å². The fraction of sp³-hybridized carbons (Fsp3) is 0.389. The molecule has 2 unspecified atom stereocenters. The van der Waals surface area contributed by atoms with Gasteiger partial charge in [0, 0.05) is 32.0 Å². The molecule has 7 heteroatoms. The summed E-state index contributed by atoms with van der Waals surface area (Å²) in [7, 11) is 0. The molecule has 3 aromatic heterocycles. The molecule has 0 amide bonds. The highest BCUT2D eigenvalue weighted by Gasteiger charge is 2.34. The molecule has 1 aliphatic heterocycles. The number of nitrogens with zero attached hydrogens (tertiary/aromatic N) is 4. The first-order valence-electron chi connectivity index (χ1n) is 8.37. The Morgan fingerprint density at radius 1 is 1.24 bits per heavy atom. The SMILES string of the molecule is Cc1cccnc1CN1CC(F)C(OCc2nc3ncccc3[nH]2)C1. The number of hydrogen-bond acceptors (Lipinski definition) is 5. The molecule has 0 saturated carbocycles. The van der Waals surface area contributed by atoms with Crippen LogP contribution in [0.4, 0.5) is 4.39 Å². The van der Waals surface area contributed by atoms with E-state index in [9.17, 15) is 4.39 Å². The highest BCUT2D eigenvalue weighted by Crippen LogP contribution is 2.21. The molecule has 4 rings (SSSR count). The predicted molar refractivity (Wildman–Crippen MR) is 91.6 cm³/mol. The van der Waals surface area contributed by atoms with Gasteiger partial charge < -0.3 is 9.72 Å². The molecule has 4 heterocycles. The molecular weight excluding hydrogens is 321 g/mol. The zero-order valence-corrected chi connectivity index (χ0v) is 14.0. The van der Waals surface area contributed by atoms with Gasteiger partial charge in [0.1, 0.15) is 24.7 Å². The first-order chi connectivity index (χ1) is 12.2. The van der Waals surface area contributed by atoms with Gasteiger partial charge in [0.25, 0.3) is 0 Å². The van der Waals surface area contributed by atoms with Gasteiger partial charge in [0.15, 0.2) is 5.65 Å². The lowest BCUT2D eigenvalue weighted by atomic mass is 10.2. The van der Waals surface area contributed by atoms with Crippen molar-refractivity contribution >= 4 is 11.2 Å². The Morgan fingerprint density at radius 3 is 2.92 bits per heavy atom. The van der Waals surface area contributed by atoms with Crippen molar-refractivity contribution in [3.8, 4) is 0 Å². The second-order valence-electron chi connectivity index (χ2n) is 6.38. The summed E-state index contributed by atoms with van der Waals surface area (Å²) in [5, 5.41) is 0. The van der Waals surface area contributed by atoms with Crippen molar-refractivity contribution in [2.24, 2.45) is 0 Å². The summed E-state index contributed by atoms with van der Waals surface area (Å²) >= 11 is 0. The Hall–Kier alpha value is -2.38. The smallest absolute Gasteiger partial charge is 0.177 e. The van der Waals surface area contributed by atoms with Crippen LogP contribution in [0.3, 0.4) is 0 Å². The van der Waals surface area contributed by atoms with E-state index in [2.05, 4.69) is 19.9 Å². The predicted octanol–water partition coefficient (Wildman–Crippen LogP) is 2.40. The maximum atomic E-state index is 14.3. The minimum atomic E-state index is -1.01. The number of aromatic nitrogens is 4. The minimum Gasteiger partial charge on any atom is -0.366 e. The number of hydrogen-bond donors (Lipinski definition) is 1. The first kappa shape index (κ1) is 16.1. The molecule has 1 N–H and O–H groups in total. The lowest BCUT2D eigenvalue weighted by Gasteiger charge is -2.16. The van der Waals surface area contributed by atoms with E-state index in [0.717, 1.165) is 16.8 Å². The zero-order chi connectivity index (χ0) is 17.2. The Morgan fingerprint density at radius 2 is 2.08 bits per heavy atom. The normalized spacial score (nSPS) is 21.2. The van der Waals surface area contributed by atoms with Gasteiger partial charge in [-0.05, 0) is 30.7 Å². The fourth-order valence-corrected chi connectivity index (χ4v) is 3.14. The second-order valence-corrected chi connectivity index (χ2v) is 6.38. The van der Waals surface area contributed by atoms with Crippen LogP contribution in [0.25, 0.3) is 11.2 Å². The number of H-pyrrole nitrogens is 1. The molecule has 0 radical (unpaired) electrons. The molecule has 0 aliphatic carbocycles. The van der Waals surface area contributed by atoms with Crippen molar-refractivity contribution in [2.75, 3.05) is 13.1 Å². The van der Waals surface area contributed by atoms with Crippen LogP contribution >= 0.6 is 0 Å². The van der Waals surface area contributed by atoms with Gasteiger partial charge >= 0.3 is 0 Å². The maximum absolute atomic E-state index is 14.3. The zero-order valence-electron chi connectivity index (χ0n) is 14.0. The van der Waals surface area contributed by atoms with Gasteiger partial charge in [-0.3, -0.25) is 9.88 Å². The number of halogens is 1. The van der Waals surface area contributed by atoms with Gasteiger partial charge in [-0.15, -0.1) is 0 Å². The van der Waals surface area contributed by atoms with E-state index in [1.165, 1.54) is 0 Å². The molecule has 130 valence electrons. The highest BCUT2D eigenvalue weighted by atomic mass is 19.1. The number of fused-ring (bicyclic) bond motifs is 1. The molecule has 25 heavy (non-hydrogen) atoms. The molecule has 0 bridgehead atoms. The second kappa shape index (κ2) is 6.85. The summed E-state index contributed by atoms with van der Waals surface area (Å²) in [6.45, 7) is 3.83. The van der Waals surface area contributed by atoms with Gasteiger partial charge in [0.05, 0.1) is 11.2 Å². The van der Waals surface area contributed by atoms with Gasteiger partial charge in [-0.2, -0.15) is 0 Å². The Labute approximate surface area is 145 Å². The quantitative estimate of drug-likeness (QED) is 0.772. The van der Waals surface area contributed by atoms with Crippen LogP contribution in [0.1, 0.15) is 17.1 Å². The molecule has 0 spiro atoms. The monoisotopic (exact) mass is 341 g/mol. The summed E-state index contributed by atoms with van der Waals surface area (Å²) in [5.41, 5.74) is 3.61. The molecule has 1 saturated heterocycles. The van der Waals surface area contributed by atoms with E-state index in [4.69, 9.17) is 4.74 Å². The summed E-state index contributed by atoms with van der Waals surface area (Å²) in [5.74, 6) is 0.667. The van der Waals surface area contributed by atoms with Crippen molar-refractivity contribution in [3.63, 3.8) is 0 Å². The number of ether oxygens (including phenoxy) is 1. The molecule has 3 aromatic rings. The van der Waals surface area contributed by atoms with Crippen LogP contribution in [0, 0.1) is 6.92 Å². The number of likely N-dealkylation sites (tertiary alicyclic amines) is 1. The topological polar surface area (TPSA) is 66.9 Å². The third-order valence-corrected chi connectivity index (χ3v) is 4.51. The van der Waals surface area contributed by atoms with E-state index in [-0.39, 0.29) is 6.61 Å². The van der Waals surface area contributed by atoms with E-state index >= 15 is 0 Å². The molecule has 1 fully saturated rings. The van der Waals surface area contributed by atoms with Crippen molar-refractivity contribution in [3.05, 3.63) is 53.7 Å². The lowest BCUT2D eigenvalue weighted by molar-refractivity contribution is 0.00860. The Bertz CT molecular complexity index is 834. The van der Waals surface area contributed by atoms with E-state index in [0.29, 0.717) is 31.1 Å². The maximum Gasteiger partial charge on any atom is 0.177 e. The van der Waals surface area contributed by atoms with Crippen LogP contribution in [0.5, 0.6) is 0 Å². The molecule has 6 nitrogen and oxygen atoms in total. The minimum absolute atomic E-state index is 0.248. The standard InChI is InChI=1S/C18H20FN5O/c1-12-4-2-6-20-15(12)9-24-8-13(19)16(10-24)25-11-17-22-14-5-3-7-21-18(14)23-17/h2-7,13,16H,8-11H2,1H3,(H,21,22,23). The molecule has 1 aliphatic rings. The fourth-order valence-electron chi connectivity index (χ4n) is 3.14. The van der Waals surface area contributed by atoms with Gasteiger partial charge in [0.2, 0.25) is 0 Å². The van der Waals surface area contributed by atoms with Crippen molar-refractivity contribution < 1.29 is 9.13 Å². The molecule has 2 atom stereocenters. The van der Waals surface area contributed by atoms with E-state index < -0.39 is 12.3 Å². The Balaban J connectivity index is 1.36. The summed E-state index contributed by atoms with van der Waals surface area (Å²) in [6, 6.07) is 7.68.